The second kappa shape index (κ2) is 6.37. The van der Waals surface area contributed by atoms with Gasteiger partial charge in [-0.05, 0) is 13.8 Å². The first-order valence-corrected chi connectivity index (χ1v) is 4.85. The fraction of sp³-hybridized carbons (Fsp3) is 0.545. The van der Waals surface area contributed by atoms with E-state index in [2.05, 4.69) is 6.58 Å². The van der Waals surface area contributed by atoms with E-state index in [9.17, 15) is 5.11 Å². The molecule has 0 aliphatic heterocycles. The fourth-order valence-electron chi connectivity index (χ4n) is 0.834. The summed E-state index contributed by atoms with van der Waals surface area (Å²) in [6.07, 6.45) is 5.12. The van der Waals surface area contributed by atoms with E-state index in [1.165, 1.54) is 4.68 Å². The Bertz CT molecular complexity index is 262. The van der Waals surface area contributed by atoms with Crippen LogP contribution < -0.4 is 5.84 Å². The lowest BCUT2D eigenvalue weighted by Gasteiger charge is -2.16. The first kappa shape index (κ1) is 13.9. The van der Waals surface area contributed by atoms with E-state index in [0.29, 0.717) is 6.61 Å². The van der Waals surface area contributed by atoms with Crippen LogP contribution in [-0.4, -0.2) is 34.8 Å². The Morgan fingerprint density at radius 1 is 1.60 bits per heavy atom. The number of rotatable bonds is 6. The van der Waals surface area contributed by atoms with E-state index in [-0.39, 0.29) is 6.61 Å². The molecule has 0 aliphatic rings. The second-order valence-electron chi connectivity index (χ2n) is 3.92. The summed E-state index contributed by atoms with van der Waals surface area (Å²) < 4.78 is 6.75. The lowest BCUT2D eigenvalue weighted by atomic mass is 10.2. The van der Waals surface area contributed by atoms with Crippen molar-refractivity contribution in [1.82, 2.24) is 0 Å². The van der Waals surface area contributed by atoms with Gasteiger partial charge in [0.25, 0.3) is 0 Å². The Labute approximate surface area is 91.3 Å². The molecule has 86 valence electrons. The van der Waals surface area contributed by atoms with E-state index in [0.717, 1.165) is 5.57 Å². The van der Waals surface area contributed by atoms with Crippen molar-refractivity contribution < 1.29 is 14.5 Å². The van der Waals surface area contributed by atoms with Gasteiger partial charge in [-0.1, -0.05) is 17.3 Å². The topological polar surface area (TPSA) is 58.5 Å². The molecule has 0 heterocycles. The molecule has 3 N–H and O–H groups in total. The molecule has 0 rings (SSSR count). The highest BCUT2D eigenvalue weighted by Gasteiger charge is 2.12. The van der Waals surface area contributed by atoms with Crippen LogP contribution in [0, 0.1) is 0 Å². The summed E-state index contributed by atoms with van der Waals surface area (Å²) in [6, 6.07) is 0. The van der Waals surface area contributed by atoms with E-state index in [4.69, 9.17) is 10.6 Å². The number of hydrogen-bond donors (Lipinski definition) is 2. The van der Waals surface area contributed by atoms with Gasteiger partial charge in [-0.3, -0.25) is 0 Å². The number of aliphatic hydroxyl groups is 1. The summed E-state index contributed by atoms with van der Waals surface area (Å²) in [7, 11) is 0. The van der Waals surface area contributed by atoms with Crippen LogP contribution in [0.1, 0.15) is 20.8 Å². The van der Waals surface area contributed by atoms with Gasteiger partial charge in [-0.2, -0.15) is 0 Å². The first-order chi connectivity index (χ1) is 6.89. The Morgan fingerprint density at radius 2 is 2.20 bits per heavy atom. The van der Waals surface area contributed by atoms with Gasteiger partial charge >= 0.3 is 0 Å². The third kappa shape index (κ3) is 7.90. The molecule has 0 aromatic heterocycles. The molecular formula is C11H21N2O2+. The van der Waals surface area contributed by atoms with Crippen molar-refractivity contribution in [2.24, 2.45) is 5.84 Å². The maximum Gasteiger partial charge on any atom is 0.204 e. The van der Waals surface area contributed by atoms with Gasteiger partial charge in [-0.15, -0.1) is 0 Å². The summed E-state index contributed by atoms with van der Waals surface area (Å²) in [5, 5.41) is 9.42. The molecule has 0 saturated heterocycles. The molecule has 4 nitrogen and oxygen atoms in total. The van der Waals surface area contributed by atoms with Gasteiger partial charge in [0.2, 0.25) is 6.20 Å². The Balaban J connectivity index is 4.13. The van der Waals surface area contributed by atoms with Crippen molar-refractivity contribution in [3.05, 3.63) is 24.4 Å². The second-order valence-corrected chi connectivity index (χ2v) is 3.92. The zero-order valence-electron chi connectivity index (χ0n) is 9.73. The monoisotopic (exact) mass is 213 g/mol. The van der Waals surface area contributed by atoms with E-state index < -0.39 is 5.60 Å². The minimum atomic E-state index is -0.814. The van der Waals surface area contributed by atoms with Gasteiger partial charge < -0.3 is 9.84 Å². The molecule has 0 atom stereocenters. The van der Waals surface area contributed by atoms with Crippen molar-refractivity contribution in [2.45, 2.75) is 26.4 Å². The van der Waals surface area contributed by atoms with E-state index >= 15 is 0 Å². The molecule has 0 amide bonds. The van der Waals surface area contributed by atoms with Crippen LogP contribution in [0.2, 0.25) is 0 Å². The minimum absolute atomic E-state index is 0.276. The average Bonchev–Trinajstić information content (AvgIpc) is 2.14. The third-order valence-electron chi connectivity index (χ3n) is 1.60. The molecule has 0 spiro atoms. The largest absolute Gasteiger partial charge is 0.388 e. The molecular weight excluding hydrogens is 192 g/mol. The zero-order chi connectivity index (χ0) is 11.9. The van der Waals surface area contributed by atoms with Gasteiger partial charge in [0, 0.05) is 12.5 Å². The first-order valence-electron chi connectivity index (χ1n) is 4.85. The quantitative estimate of drug-likeness (QED) is 0.226. The molecule has 0 saturated carbocycles. The van der Waals surface area contributed by atoms with Crippen molar-refractivity contribution in [3.8, 4) is 0 Å². The van der Waals surface area contributed by atoms with Crippen LogP contribution in [0.25, 0.3) is 0 Å². The van der Waals surface area contributed by atoms with Crippen molar-refractivity contribution in [1.29, 1.82) is 0 Å². The van der Waals surface area contributed by atoms with E-state index in [1.54, 1.807) is 32.3 Å². The highest BCUT2D eigenvalue weighted by atomic mass is 16.5. The molecule has 4 heteroatoms. The lowest BCUT2D eigenvalue weighted by Crippen LogP contribution is -2.26. The van der Waals surface area contributed by atoms with Crippen LogP contribution in [-0.2, 0) is 4.74 Å². The summed E-state index contributed by atoms with van der Waals surface area (Å²) in [5.74, 6) is 5.56. The molecule has 0 fully saturated rings. The third-order valence-corrected chi connectivity index (χ3v) is 1.60. The minimum Gasteiger partial charge on any atom is -0.388 e. The zero-order valence-corrected chi connectivity index (χ0v) is 9.73. The van der Waals surface area contributed by atoms with Crippen molar-refractivity contribution >= 4 is 6.21 Å². The summed E-state index contributed by atoms with van der Waals surface area (Å²) in [6.45, 7) is 9.53. The molecule has 0 aromatic rings. The number of ether oxygens (including phenoxy) is 1. The van der Waals surface area contributed by atoms with Crippen LogP contribution >= 0.6 is 0 Å². The molecule has 0 unspecified atom stereocenters. The molecule has 0 bridgehead atoms. The SMILES string of the molecule is C=C/C(=C\[N+](N)=C/C)COCC(C)(C)O. The summed E-state index contributed by atoms with van der Waals surface area (Å²) in [4.78, 5) is 0. The standard InChI is InChI=1S/C11H21N2O2/c1-5-10(7-13(12)6-2)8-15-9-11(3,4)14/h5-7,14H,1,8-9,12H2,2-4H3/q+1/b10-7+,13-6+. The number of hydrazine groups is 1. The Kier molecular flexibility index (Phi) is 5.89. The summed E-state index contributed by atoms with van der Waals surface area (Å²) >= 11 is 0. The maximum atomic E-state index is 9.42. The highest BCUT2D eigenvalue weighted by molar-refractivity contribution is 5.47. The normalized spacial score (nSPS) is 14.1. The number of nitrogens with two attached hydrogens (primary N) is 1. The van der Waals surface area contributed by atoms with Gasteiger partial charge in [0.1, 0.15) is 0 Å². The molecule has 0 radical (unpaired) electrons. The summed E-state index contributed by atoms with van der Waals surface area (Å²) in [5.41, 5.74) is 0.0470. The number of hydrogen-bond acceptors (Lipinski definition) is 3. The Hall–Kier alpha value is -1.13. The van der Waals surface area contributed by atoms with Gasteiger partial charge in [0.05, 0.1) is 18.8 Å². The Morgan fingerprint density at radius 3 is 2.60 bits per heavy atom. The van der Waals surface area contributed by atoms with E-state index in [1.807, 2.05) is 6.92 Å². The number of nitrogens with zero attached hydrogens (tertiary/aromatic N) is 1. The smallest absolute Gasteiger partial charge is 0.204 e. The van der Waals surface area contributed by atoms with Crippen LogP contribution in [0.4, 0.5) is 0 Å². The lowest BCUT2D eigenvalue weighted by molar-refractivity contribution is -0.465. The van der Waals surface area contributed by atoms with Crippen LogP contribution in [0.15, 0.2) is 24.4 Å². The maximum absolute atomic E-state index is 9.42. The molecule has 0 aliphatic carbocycles. The predicted octanol–water partition coefficient (Wildman–Crippen LogP) is 0.821. The molecule has 15 heavy (non-hydrogen) atoms. The van der Waals surface area contributed by atoms with Gasteiger partial charge in [0.15, 0.2) is 6.21 Å². The average molecular weight is 213 g/mol. The van der Waals surface area contributed by atoms with Crippen molar-refractivity contribution in [3.63, 3.8) is 0 Å². The fourth-order valence-corrected chi connectivity index (χ4v) is 0.834. The van der Waals surface area contributed by atoms with Gasteiger partial charge in [-0.25, -0.2) is 5.84 Å². The number of hydrazone groups is 1. The van der Waals surface area contributed by atoms with Crippen LogP contribution in [0.3, 0.4) is 0 Å². The highest BCUT2D eigenvalue weighted by Crippen LogP contribution is 2.03. The van der Waals surface area contributed by atoms with Crippen LogP contribution in [0.5, 0.6) is 0 Å². The van der Waals surface area contributed by atoms with Crippen molar-refractivity contribution in [2.75, 3.05) is 13.2 Å². The predicted molar refractivity (Wildman–Crippen MR) is 61.6 cm³/mol. The molecule has 0 aromatic carbocycles.